The van der Waals surface area contributed by atoms with Crippen molar-refractivity contribution in [1.29, 1.82) is 5.26 Å². The predicted molar refractivity (Wildman–Crippen MR) is 46.4 cm³/mol. The van der Waals surface area contributed by atoms with Gasteiger partial charge in [-0.2, -0.15) is 5.26 Å². The Labute approximate surface area is 79.4 Å². The smallest absolute Gasteiger partial charge is 0.271 e. The molecule has 0 heterocycles. The highest BCUT2D eigenvalue weighted by Gasteiger charge is 2.32. The highest BCUT2D eigenvalue weighted by molar-refractivity contribution is 7.90. The fraction of sp³-hybridized carbons (Fsp3) is 0.857. The van der Waals surface area contributed by atoms with Gasteiger partial charge in [0.25, 0.3) is 6.43 Å². The molecule has 76 valence electrons. The topological polar surface area (TPSA) is 58.9 Å². The molecule has 0 rings (SSSR count). The van der Waals surface area contributed by atoms with Crippen molar-refractivity contribution in [2.75, 3.05) is 0 Å². The third-order valence-corrected chi connectivity index (χ3v) is 2.76. The summed E-state index contributed by atoms with van der Waals surface area (Å²) in [5.74, 6) is 0. The van der Waals surface area contributed by atoms with Gasteiger partial charge in [-0.15, -0.1) is 4.72 Å². The quantitative estimate of drug-likeness (QED) is 0.712. The highest BCUT2D eigenvalue weighted by atomic mass is 32.2. The fourth-order valence-electron chi connectivity index (χ4n) is 0.426. The predicted octanol–water partition coefficient (Wildman–Crippen LogP) is 1.20. The molecular weight excluding hydrogens is 198 g/mol. The SMILES string of the molecule is CC(C)(C)[S+]([O-])NC(C#N)C(F)F. The Bertz CT molecular complexity index is 200. The van der Waals surface area contributed by atoms with Crippen LogP contribution in [0.3, 0.4) is 0 Å². The molecule has 0 aliphatic heterocycles. The number of hydrogen-bond acceptors (Lipinski definition) is 3. The van der Waals surface area contributed by atoms with Crippen LogP contribution in [-0.2, 0) is 11.4 Å². The van der Waals surface area contributed by atoms with Crippen molar-refractivity contribution in [3.63, 3.8) is 0 Å². The van der Waals surface area contributed by atoms with Gasteiger partial charge in [0.1, 0.15) is 4.75 Å². The summed E-state index contributed by atoms with van der Waals surface area (Å²) in [7, 11) is 0. The lowest BCUT2D eigenvalue weighted by Crippen LogP contribution is -2.46. The standard InChI is InChI=1S/C7H12F2N2OS/c1-7(2,3)13(12)11-5(4-10)6(8)9/h5-6,11H,1-3H3. The summed E-state index contributed by atoms with van der Waals surface area (Å²) in [5.41, 5.74) is 0. The van der Waals surface area contributed by atoms with Gasteiger partial charge in [0, 0.05) is 11.4 Å². The second kappa shape index (κ2) is 4.74. The van der Waals surface area contributed by atoms with Crippen molar-refractivity contribution in [2.45, 2.75) is 38.0 Å². The number of alkyl halides is 2. The number of hydrogen-bond donors (Lipinski definition) is 1. The Hall–Kier alpha value is -0.380. The Kier molecular flexibility index (Phi) is 4.61. The molecule has 0 saturated carbocycles. The molecule has 3 nitrogen and oxygen atoms in total. The van der Waals surface area contributed by atoms with Gasteiger partial charge in [-0.05, 0) is 20.8 Å². The Morgan fingerprint density at radius 2 is 1.92 bits per heavy atom. The van der Waals surface area contributed by atoms with Crippen LogP contribution in [0.25, 0.3) is 0 Å². The van der Waals surface area contributed by atoms with E-state index in [0.717, 1.165) is 0 Å². The largest absolute Gasteiger partial charge is 0.598 e. The Balaban J connectivity index is 4.20. The number of nitriles is 1. The molecule has 0 amide bonds. The molecule has 1 N–H and O–H groups in total. The van der Waals surface area contributed by atoms with Gasteiger partial charge in [-0.25, -0.2) is 8.78 Å². The van der Waals surface area contributed by atoms with Gasteiger partial charge in [0.15, 0.2) is 6.04 Å². The first-order valence-corrected chi connectivity index (χ1v) is 4.80. The van der Waals surface area contributed by atoms with Gasteiger partial charge >= 0.3 is 0 Å². The van der Waals surface area contributed by atoms with Crippen LogP contribution in [0.2, 0.25) is 0 Å². The van der Waals surface area contributed by atoms with Crippen LogP contribution in [0.15, 0.2) is 0 Å². The monoisotopic (exact) mass is 210 g/mol. The minimum absolute atomic E-state index is 0.649. The van der Waals surface area contributed by atoms with E-state index in [2.05, 4.69) is 4.72 Å². The Morgan fingerprint density at radius 1 is 1.46 bits per heavy atom. The summed E-state index contributed by atoms with van der Waals surface area (Å²) in [5, 5.41) is 8.28. The van der Waals surface area contributed by atoms with Gasteiger partial charge in [0.05, 0.1) is 6.07 Å². The second-order valence-electron chi connectivity index (χ2n) is 3.44. The molecule has 2 atom stereocenters. The van der Waals surface area contributed by atoms with E-state index in [9.17, 15) is 13.3 Å². The van der Waals surface area contributed by atoms with Gasteiger partial charge < -0.3 is 4.55 Å². The molecule has 13 heavy (non-hydrogen) atoms. The lowest BCUT2D eigenvalue weighted by atomic mass is 10.3. The van der Waals surface area contributed by atoms with E-state index in [-0.39, 0.29) is 0 Å². The molecule has 0 aromatic carbocycles. The van der Waals surface area contributed by atoms with Crippen LogP contribution >= 0.6 is 0 Å². The summed E-state index contributed by atoms with van der Waals surface area (Å²) in [6.07, 6.45) is -2.82. The molecule has 0 aromatic heterocycles. The fourth-order valence-corrected chi connectivity index (χ4v) is 1.17. The van der Waals surface area contributed by atoms with E-state index in [4.69, 9.17) is 5.26 Å². The molecule has 0 bridgehead atoms. The van der Waals surface area contributed by atoms with Crippen LogP contribution < -0.4 is 4.72 Å². The van der Waals surface area contributed by atoms with Crippen LogP contribution in [0.5, 0.6) is 0 Å². The molecule has 2 unspecified atom stereocenters. The van der Waals surface area contributed by atoms with E-state index in [1.807, 2.05) is 0 Å². The summed E-state index contributed by atoms with van der Waals surface area (Å²) in [4.78, 5) is 0. The van der Waals surface area contributed by atoms with E-state index in [1.54, 1.807) is 20.8 Å². The van der Waals surface area contributed by atoms with Gasteiger partial charge in [0.2, 0.25) is 0 Å². The lowest BCUT2D eigenvalue weighted by molar-refractivity contribution is 0.129. The van der Waals surface area contributed by atoms with Crippen molar-refractivity contribution in [1.82, 2.24) is 4.72 Å². The number of nitrogens with zero attached hydrogens (tertiary/aromatic N) is 1. The lowest BCUT2D eigenvalue weighted by Gasteiger charge is -2.25. The number of halogens is 2. The van der Waals surface area contributed by atoms with Crippen molar-refractivity contribution < 1.29 is 13.3 Å². The van der Waals surface area contributed by atoms with Crippen LogP contribution in [-0.4, -0.2) is 21.8 Å². The van der Waals surface area contributed by atoms with E-state index >= 15 is 0 Å². The van der Waals surface area contributed by atoms with Crippen molar-refractivity contribution in [2.24, 2.45) is 0 Å². The first kappa shape index (κ1) is 12.6. The maximum Gasteiger partial charge on any atom is 0.271 e. The van der Waals surface area contributed by atoms with Gasteiger partial charge in [-0.3, -0.25) is 0 Å². The second-order valence-corrected chi connectivity index (χ2v) is 5.44. The maximum absolute atomic E-state index is 12.0. The van der Waals surface area contributed by atoms with E-state index in [1.165, 1.54) is 6.07 Å². The molecule has 0 radical (unpaired) electrons. The van der Waals surface area contributed by atoms with Crippen LogP contribution in [0.4, 0.5) is 8.78 Å². The number of rotatable bonds is 3. The summed E-state index contributed by atoms with van der Waals surface area (Å²) in [6.45, 7) is 4.90. The molecule has 0 spiro atoms. The number of nitrogens with one attached hydrogen (secondary N) is 1. The third-order valence-electron chi connectivity index (χ3n) is 1.18. The minimum Gasteiger partial charge on any atom is -0.598 e. The van der Waals surface area contributed by atoms with Crippen LogP contribution in [0, 0.1) is 11.3 Å². The Morgan fingerprint density at radius 3 is 2.15 bits per heavy atom. The van der Waals surface area contributed by atoms with Gasteiger partial charge in [-0.1, -0.05) is 0 Å². The average Bonchev–Trinajstić information content (AvgIpc) is 1.96. The third kappa shape index (κ3) is 4.41. The van der Waals surface area contributed by atoms with Crippen LogP contribution in [0.1, 0.15) is 20.8 Å². The van der Waals surface area contributed by atoms with E-state index in [0.29, 0.717) is 0 Å². The van der Waals surface area contributed by atoms with Crippen molar-refractivity contribution in [3.05, 3.63) is 0 Å². The highest BCUT2D eigenvalue weighted by Crippen LogP contribution is 2.15. The summed E-state index contributed by atoms with van der Waals surface area (Å²) >= 11 is -1.64. The van der Waals surface area contributed by atoms with Crippen molar-refractivity contribution >= 4 is 11.4 Å². The molecule has 0 aliphatic rings. The summed E-state index contributed by atoms with van der Waals surface area (Å²) in [6, 6.07) is -0.316. The first-order valence-electron chi connectivity index (χ1n) is 3.65. The summed E-state index contributed by atoms with van der Waals surface area (Å²) < 4.78 is 36.7. The van der Waals surface area contributed by atoms with E-state index < -0.39 is 28.6 Å². The maximum atomic E-state index is 12.0. The molecule has 6 heteroatoms. The molecular formula is C7H12F2N2OS. The first-order chi connectivity index (χ1) is 5.79. The molecule has 0 saturated heterocycles. The molecule has 0 aromatic rings. The normalized spacial score (nSPS) is 16.8. The zero-order chi connectivity index (χ0) is 10.6. The molecule has 0 aliphatic carbocycles. The van der Waals surface area contributed by atoms with Crippen molar-refractivity contribution in [3.8, 4) is 6.07 Å². The molecule has 0 fully saturated rings. The zero-order valence-electron chi connectivity index (χ0n) is 7.67. The zero-order valence-corrected chi connectivity index (χ0v) is 8.49. The minimum atomic E-state index is -2.82. The average molecular weight is 210 g/mol.